The van der Waals surface area contributed by atoms with E-state index < -0.39 is 60.7 Å². The molecule has 0 bridgehead atoms. The number of benzene rings is 2. The molecule has 0 aliphatic carbocycles. The summed E-state index contributed by atoms with van der Waals surface area (Å²) in [5.41, 5.74) is 12.4. The Bertz CT molecular complexity index is 1080. The molecule has 0 heterocycles. The fourth-order valence-corrected chi connectivity index (χ4v) is 3.25. The molecule has 3 atom stereocenters. The third-order valence-electron chi connectivity index (χ3n) is 5.11. The highest BCUT2D eigenvalue weighted by Crippen LogP contribution is 2.12. The zero-order chi connectivity index (χ0) is 26.7. The summed E-state index contributed by atoms with van der Waals surface area (Å²) in [5, 5.41) is 25.6. The van der Waals surface area contributed by atoms with Gasteiger partial charge in [-0.1, -0.05) is 42.5 Å². The Morgan fingerprint density at radius 3 is 2.00 bits per heavy atom. The average molecular weight is 500 g/mol. The van der Waals surface area contributed by atoms with E-state index in [1.165, 1.54) is 12.1 Å². The number of rotatable bonds is 13. The number of aromatic hydroxyl groups is 1. The van der Waals surface area contributed by atoms with Crippen molar-refractivity contribution in [2.75, 3.05) is 6.54 Å². The second-order valence-corrected chi connectivity index (χ2v) is 8.07. The molecule has 2 aromatic carbocycles. The van der Waals surface area contributed by atoms with Crippen LogP contribution in [0.25, 0.3) is 0 Å². The number of carbonyl (C=O) groups is 5. The molecular formula is C24H29N5O7. The van der Waals surface area contributed by atoms with Crippen LogP contribution in [0.5, 0.6) is 5.75 Å². The van der Waals surface area contributed by atoms with E-state index in [1.807, 2.05) is 30.3 Å². The van der Waals surface area contributed by atoms with E-state index in [1.54, 1.807) is 12.1 Å². The van der Waals surface area contributed by atoms with Gasteiger partial charge < -0.3 is 37.6 Å². The molecule has 192 valence electrons. The van der Waals surface area contributed by atoms with Crippen molar-refractivity contribution in [2.45, 2.75) is 37.4 Å². The first-order valence-corrected chi connectivity index (χ1v) is 11.0. The normalized spacial score (nSPS) is 13.0. The van der Waals surface area contributed by atoms with Gasteiger partial charge in [-0.05, 0) is 29.7 Å². The number of hydrogen-bond acceptors (Lipinski definition) is 7. The second-order valence-electron chi connectivity index (χ2n) is 8.07. The second kappa shape index (κ2) is 13.4. The molecule has 0 aromatic heterocycles. The quantitative estimate of drug-likeness (QED) is 0.173. The predicted molar refractivity (Wildman–Crippen MR) is 128 cm³/mol. The van der Waals surface area contributed by atoms with E-state index in [2.05, 4.69) is 16.0 Å². The van der Waals surface area contributed by atoms with Crippen molar-refractivity contribution in [3.05, 3.63) is 65.7 Å². The first kappa shape index (κ1) is 27.8. The van der Waals surface area contributed by atoms with E-state index in [4.69, 9.17) is 16.6 Å². The van der Waals surface area contributed by atoms with Crippen LogP contribution in [0.15, 0.2) is 54.6 Å². The van der Waals surface area contributed by atoms with Gasteiger partial charge in [0.05, 0.1) is 19.0 Å². The number of nitrogens with two attached hydrogens (primary N) is 2. The topological polar surface area (TPSA) is 214 Å². The van der Waals surface area contributed by atoms with E-state index in [0.717, 1.165) is 5.56 Å². The van der Waals surface area contributed by atoms with Crippen molar-refractivity contribution in [1.29, 1.82) is 0 Å². The van der Waals surface area contributed by atoms with Gasteiger partial charge in [0.2, 0.25) is 23.6 Å². The van der Waals surface area contributed by atoms with Crippen LogP contribution < -0.4 is 27.4 Å². The molecule has 0 aliphatic heterocycles. The number of carboxylic acid groups (broad SMARTS) is 1. The zero-order valence-electron chi connectivity index (χ0n) is 19.3. The van der Waals surface area contributed by atoms with Crippen molar-refractivity contribution in [1.82, 2.24) is 16.0 Å². The highest BCUT2D eigenvalue weighted by Gasteiger charge is 2.26. The molecule has 2 rings (SSSR count). The van der Waals surface area contributed by atoms with Crippen LogP contribution in [0.1, 0.15) is 17.5 Å². The van der Waals surface area contributed by atoms with Crippen molar-refractivity contribution in [3.8, 4) is 5.75 Å². The molecule has 4 amide bonds. The summed E-state index contributed by atoms with van der Waals surface area (Å²) in [7, 11) is 0. The number of carboxylic acids is 1. The molecule has 0 saturated carbocycles. The smallest absolute Gasteiger partial charge is 0.326 e. The van der Waals surface area contributed by atoms with Gasteiger partial charge in [0.1, 0.15) is 17.8 Å². The van der Waals surface area contributed by atoms with Crippen LogP contribution in [0.2, 0.25) is 0 Å². The van der Waals surface area contributed by atoms with Gasteiger partial charge in [-0.3, -0.25) is 19.2 Å². The number of nitrogens with one attached hydrogen (secondary N) is 3. The molecule has 0 saturated heterocycles. The number of hydrogen-bond donors (Lipinski definition) is 7. The van der Waals surface area contributed by atoms with Crippen molar-refractivity contribution in [3.63, 3.8) is 0 Å². The summed E-state index contributed by atoms with van der Waals surface area (Å²) in [4.78, 5) is 59.9. The molecule has 3 unspecified atom stereocenters. The molecule has 0 radical (unpaired) electrons. The monoisotopic (exact) mass is 499 g/mol. The first-order chi connectivity index (χ1) is 17.0. The molecule has 0 spiro atoms. The van der Waals surface area contributed by atoms with E-state index in [9.17, 15) is 29.1 Å². The van der Waals surface area contributed by atoms with Gasteiger partial charge >= 0.3 is 5.97 Å². The Morgan fingerprint density at radius 1 is 0.806 bits per heavy atom. The number of amides is 4. The molecular weight excluding hydrogens is 470 g/mol. The number of aliphatic carboxylic acids is 1. The summed E-state index contributed by atoms with van der Waals surface area (Å²) in [6.45, 7) is -0.612. The van der Waals surface area contributed by atoms with Crippen molar-refractivity contribution < 1.29 is 34.2 Å². The third-order valence-corrected chi connectivity index (χ3v) is 5.11. The summed E-state index contributed by atoms with van der Waals surface area (Å²) >= 11 is 0. The summed E-state index contributed by atoms with van der Waals surface area (Å²) in [6.07, 6.45) is -0.357. The molecule has 12 nitrogen and oxygen atoms in total. The average Bonchev–Trinajstić information content (AvgIpc) is 2.83. The van der Waals surface area contributed by atoms with Crippen LogP contribution >= 0.6 is 0 Å². The Hall–Kier alpha value is -4.45. The highest BCUT2D eigenvalue weighted by molar-refractivity contribution is 5.93. The number of phenols is 1. The highest BCUT2D eigenvalue weighted by atomic mass is 16.4. The van der Waals surface area contributed by atoms with Crippen molar-refractivity contribution >= 4 is 29.6 Å². The minimum Gasteiger partial charge on any atom is -0.508 e. The first-order valence-electron chi connectivity index (χ1n) is 11.0. The van der Waals surface area contributed by atoms with Gasteiger partial charge in [0.25, 0.3) is 0 Å². The summed E-state index contributed by atoms with van der Waals surface area (Å²) in [5.74, 6) is -4.54. The minimum atomic E-state index is -1.55. The lowest BCUT2D eigenvalue weighted by Crippen LogP contribution is -2.54. The SMILES string of the molecule is NC(=O)CC(NC(=O)CNC(=O)C(Cc1ccc(O)cc1)NC(=O)C(N)Cc1ccccc1)C(=O)O. The molecule has 0 aliphatic rings. The molecule has 2 aromatic rings. The van der Waals surface area contributed by atoms with E-state index in [0.29, 0.717) is 5.56 Å². The number of carbonyl (C=O) groups excluding carboxylic acids is 4. The maximum Gasteiger partial charge on any atom is 0.326 e. The largest absolute Gasteiger partial charge is 0.508 e. The summed E-state index contributed by atoms with van der Waals surface area (Å²) in [6, 6.07) is 11.4. The van der Waals surface area contributed by atoms with Crippen LogP contribution in [-0.2, 0) is 36.8 Å². The van der Waals surface area contributed by atoms with Crippen LogP contribution in [0.3, 0.4) is 0 Å². The van der Waals surface area contributed by atoms with Crippen LogP contribution in [0.4, 0.5) is 0 Å². The van der Waals surface area contributed by atoms with Crippen LogP contribution in [0, 0.1) is 0 Å². The predicted octanol–water partition coefficient (Wildman–Crippen LogP) is -1.45. The van der Waals surface area contributed by atoms with Gasteiger partial charge in [0, 0.05) is 6.42 Å². The Morgan fingerprint density at radius 2 is 1.42 bits per heavy atom. The van der Waals surface area contributed by atoms with Gasteiger partial charge in [-0.15, -0.1) is 0 Å². The lowest BCUT2D eigenvalue weighted by Gasteiger charge is -2.21. The number of primary amides is 1. The number of phenolic OH excluding ortho intramolecular Hbond substituents is 1. The summed E-state index contributed by atoms with van der Waals surface area (Å²) < 4.78 is 0. The fourth-order valence-electron chi connectivity index (χ4n) is 3.25. The molecule has 9 N–H and O–H groups in total. The molecule has 12 heteroatoms. The van der Waals surface area contributed by atoms with E-state index in [-0.39, 0.29) is 18.6 Å². The lowest BCUT2D eigenvalue weighted by molar-refractivity contribution is -0.143. The maximum absolute atomic E-state index is 12.8. The zero-order valence-corrected chi connectivity index (χ0v) is 19.3. The van der Waals surface area contributed by atoms with Crippen molar-refractivity contribution in [2.24, 2.45) is 11.5 Å². The van der Waals surface area contributed by atoms with Gasteiger partial charge in [-0.25, -0.2) is 4.79 Å². The third kappa shape index (κ3) is 9.43. The standard InChI is InChI=1S/C24H29N5O7/c25-17(10-14-4-2-1-3-5-14)22(33)29-18(11-15-6-8-16(30)9-7-15)23(34)27-13-21(32)28-19(24(35)36)12-20(26)31/h1-9,17-19,30H,10-13,25H2,(H2,26,31)(H,27,34)(H,28,32)(H,29,33)(H,35,36). The Kier molecular flexibility index (Phi) is 10.4. The van der Waals surface area contributed by atoms with Gasteiger partial charge in [0.15, 0.2) is 0 Å². The molecule has 0 fully saturated rings. The fraction of sp³-hybridized carbons (Fsp3) is 0.292. The molecule has 36 heavy (non-hydrogen) atoms. The van der Waals surface area contributed by atoms with Crippen LogP contribution in [-0.4, -0.2) is 64.5 Å². The maximum atomic E-state index is 12.8. The Balaban J connectivity index is 2.05. The lowest BCUT2D eigenvalue weighted by atomic mass is 10.0. The van der Waals surface area contributed by atoms with E-state index >= 15 is 0 Å². The van der Waals surface area contributed by atoms with Gasteiger partial charge in [-0.2, -0.15) is 0 Å². The Labute approximate surface area is 207 Å². The minimum absolute atomic E-state index is 0.0225.